The van der Waals surface area contributed by atoms with Gasteiger partial charge in [-0.1, -0.05) is 11.6 Å². The van der Waals surface area contributed by atoms with Crippen molar-refractivity contribution >= 4 is 15.9 Å². The van der Waals surface area contributed by atoms with E-state index in [4.69, 9.17) is 10.6 Å². The van der Waals surface area contributed by atoms with Crippen molar-refractivity contribution in [1.29, 1.82) is 0 Å². The molecule has 1 unspecified atom stereocenters. The van der Waals surface area contributed by atoms with Gasteiger partial charge in [0.05, 0.1) is 11.6 Å². The molecule has 1 rings (SSSR count). The first-order chi connectivity index (χ1) is 8.08. The minimum atomic E-state index is 0.133. The van der Waals surface area contributed by atoms with Crippen LogP contribution in [0.25, 0.3) is 0 Å². The standard InChI is InChI=1S/C13H19BrN2O/c1-9(2)4-6-12(16-15)10-5-7-13(17-3)11(14)8-10/h5,7-8,12,16H,1,4,6,15H2,2-3H3. The van der Waals surface area contributed by atoms with Crippen LogP contribution in [-0.4, -0.2) is 7.11 Å². The van der Waals surface area contributed by atoms with E-state index < -0.39 is 0 Å². The van der Waals surface area contributed by atoms with E-state index in [-0.39, 0.29) is 6.04 Å². The van der Waals surface area contributed by atoms with Crippen LogP contribution in [0.2, 0.25) is 0 Å². The summed E-state index contributed by atoms with van der Waals surface area (Å²) in [5.41, 5.74) is 5.14. The molecule has 0 saturated carbocycles. The number of methoxy groups -OCH3 is 1. The molecule has 4 heteroatoms. The quantitative estimate of drug-likeness (QED) is 0.481. The molecule has 3 nitrogen and oxygen atoms in total. The van der Waals surface area contributed by atoms with Crippen LogP contribution in [0.3, 0.4) is 0 Å². The first kappa shape index (κ1) is 14.2. The highest BCUT2D eigenvalue weighted by Crippen LogP contribution is 2.29. The van der Waals surface area contributed by atoms with Gasteiger partial charge in [0.25, 0.3) is 0 Å². The Bertz CT molecular complexity index is 393. The molecule has 0 aliphatic carbocycles. The lowest BCUT2D eigenvalue weighted by Crippen LogP contribution is -2.28. The fraction of sp³-hybridized carbons (Fsp3) is 0.385. The minimum absolute atomic E-state index is 0.133. The van der Waals surface area contributed by atoms with E-state index in [0.717, 1.165) is 34.2 Å². The molecule has 1 atom stereocenters. The third-order valence-electron chi connectivity index (χ3n) is 2.64. The van der Waals surface area contributed by atoms with Crippen molar-refractivity contribution in [3.8, 4) is 5.75 Å². The number of hydrogen-bond donors (Lipinski definition) is 2. The number of hydrazine groups is 1. The monoisotopic (exact) mass is 298 g/mol. The van der Waals surface area contributed by atoms with E-state index in [1.165, 1.54) is 0 Å². The van der Waals surface area contributed by atoms with Crippen LogP contribution in [0.15, 0.2) is 34.8 Å². The Morgan fingerprint density at radius 3 is 2.76 bits per heavy atom. The Balaban J connectivity index is 2.81. The Morgan fingerprint density at radius 2 is 2.29 bits per heavy atom. The number of hydrogen-bond acceptors (Lipinski definition) is 3. The van der Waals surface area contributed by atoms with Gasteiger partial charge in [-0.3, -0.25) is 11.3 Å². The number of nitrogens with two attached hydrogens (primary N) is 1. The van der Waals surface area contributed by atoms with Gasteiger partial charge in [0.2, 0.25) is 0 Å². The van der Waals surface area contributed by atoms with Crippen molar-refractivity contribution in [3.63, 3.8) is 0 Å². The minimum Gasteiger partial charge on any atom is -0.496 e. The lowest BCUT2D eigenvalue weighted by molar-refractivity contribution is 0.411. The van der Waals surface area contributed by atoms with Gasteiger partial charge in [-0.2, -0.15) is 0 Å². The molecular weight excluding hydrogens is 280 g/mol. The zero-order valence-corrected chi connectivity index (χ0v) is 11.9. The fourth-order valence-electron chi connectivity index (χ4n) is 1.64. The molecule has 0 fully saturated rings. The van der Waals surface area contributed by atoms with Crippen LogP contribution in [0.4, 0.5) is 0 Å². The Hall–Kier alpha value is -0.840. The molecule has 17 heavy (non-hydrogen) atoms. The molecule has 0 aliphatic heterocycles. The van der Waals surface area contributed by atoms with E-state index in [1.54, 1.807) is 7.11 Å². The van der Waals surface area contributed by atoms with Gasteiger partial charge in [0, 0.05) is 6.04 Å². The molecule has 0 heterocycles. The summed E-state index contributed by atoms with van der Waals surface area (Å²) in [5, 5.41) is 0. The summed E-state index contributed by atoms with van der Waals surface area (Å²) in [4.78, 5) is 0. The third kappa shape index (κ3) is 4.15. The first-order valence-corrected chi connectivity index (χ1v) is 6.31. The highest BCUT2D eigenvalue weighted by Gasteiger charge is 2.11. The van der Waals surface area contributed by atoms with Crippen LogP contribution in [0, 0.1) is 0 Å². The van der Waals surface area contributed by atoms with Crippen LogP contribution >= 0.6 is 15.9 Å². The van der Waals surface area contributed by atoms with Crippen LogP contribution in [-0.2, 0) is 0 Å². The van der Waals surface area contributed by atoms with Crippen molar-refractivity contribution < 1.29 is 4.74 Å². The Kier molecular flexibility index (Phi) is 5.68. The Morgan fingerprint density at radius 1 is 1.59 bits per heavy atom. The van der Waals surface area contributed by atoms with Gasteiger partial charge >= 0.3 is 0 Å². The van der Waals surface area contributed by atoms with Gasteiger partial charge < -0.3 is 4.74 Å². The van der Waals surface area contributed by atoms with Crippen molar-refractivity contribution in [3.05, 3.63) is 40.4 Å². The summed E-state index contributed by atoms with van der Waals surface area (Å²) in [5.74, 6) is 6.41. The summed E-state index contributed by atoms with van der Waals surface area (Å²) in [6, 6.07) is 6.12. The normalized spacial score (nSPS) is 12.2. The zero-order chi connectivity index (χ0) is 12.8. The van der Waals surface area contributed by atoms with Gasteiger partial charge in [-0.05, 0) is 53.4 Å². The number of halogens is 1. The molecule has 3 N–H and O–H groups in total. The molecule has 0 saturated heterocycles. The summed E-state index contributed by atoms with van der Waals surface area (Å²) in [7, 11) is 1.65. The van der Waals surface area contributed by atoms with Crippen LogP contribution in [0.5, 0.6) is 5.75 Å². The van der Waals surface area contributed by atoms with Crippen LogP contribution < -0.4 is 16.0 Å². The zero-order valence-electron chi connectivity index (χ0n) is 10.3. The lowest BCUT2D eigenvalue weighted by Gasteiger charge is -2.17. The first-order valence-electron chi connectivity index (χ1n) is 5.52. The topological polar surface area (TPSA) is 47.3 Å². The Labute approximate surface area is 111 Å². The third-order valence-corrected chi connectivity index (χ3v) is 3.26. The number of allylic oxidation sites excluding steroid dienone is 1. The van der Waals surface area contributed by atoms with Crippen LogP contribution in [0.1, 0.15) is 31.4 Å². The molecule has 0 amide bonds. The second kappa shape index (κ2) is 6.79. The van der Waals surface area contributed by atoms with E-state index in [0.29, 0.717) is 0 Å². The van der Waals surface area contributed by atoms with Gasteiger partial charge in [0.1, 0.15) is 5.75 Å². The maximum absolute atomic E-state index is 5.59. The lowest BCUT2D eigenvalue weighted by atomic mass is 10.0. The molecule has 1 aromatic carbocycles. The number of nitrogens with one attached hydrogen (secondary N) is 1. The molecule has 1 aromatic rings. The summed E-state index contributed by atoms with van der Waals surface area (Å²) in [6.07, 6.45) is 1.89. The van der Waals surface area contributed by atoms with Gasteiger partial charge in [-0.25, -0.2) is 0 Å². The summed E-state index contributed by atoms with van der Waals surface area (Å²) in [6.45, 7) is 5.93. The molecule has 94 valence electrons. The van der Waals surface area contributed by atoms with E-state index in [9.17, 15) is 0 Å². The molecule has 0 aliphatic rings. The highest BCUT2D eigenvalue weighted by atomic mass is 79.9. The predicted octanol–water partition coefficient (Wildman–Crippen LogP) is 3.32. The average Bonchev–Trinajstić information content (AvgIpc) is 2.29. The number of benzene rings is 1. The highest BCUT2D eigenvalue weighted by molar-refractivity contribution is 9.10. The molecule has 0 bridgehead atoms. The molecular formula is C13H19BrN2O. The molecule has 0 aromatic heterocycles. The van der Waals surface area contributed by atoms with Gasteiger partial charge in [-0.15, -0.1) is 6.58 Å². The maximum Gasteiger partial charge on any atom is 0.133 e. The average molecular weight is 299 g/mol. The predicted molar refractivity (Wildman–Crippen MR) is 74.8 cm³/mol. The SMILES string of the molecule is C=C(C)CCC(NN)c1ccc(OC)c(Br)c1. The van der Waals surface area contributed by atoms with E-state index in [2.05, 4.69) is 27.9 Å². The number of ether oxygens (including phenoxy) is 1. The second-order valence-electron chi connectivity index (χ2n) is 4.11. The second-order valence-corrected chi connectivity index (χ2v) is 4.96. The number of rotatable bonds is 6. The van der Waals surface area contributed by atoms with Crippen molar-refractivity contribution in [2.45, 2.75) is 25.8 Å². The van der Waals surface area contributed by atoms with Crippen molar-refractivity contribution in [1.82, 2.24) is 5.43 Å². The van der Waals surface area contributed by atoms with Gasteiger partial charge in [0.15, 0.2) is 0 Å². The van der Waals surface area contributed by atoms with E-state index >= 15 is 0 Å². The van der Waals surface area contributed by atoms with Crippen molar-refractivity contribution in [2.24, 2.45) is 5.84 Å². The summed E-state index contributed by atoms with van der Waals surface area (Å²) >= 11 is 3.47. The maximum atomic E-state index is 5.59. The molecule has 0 spiro atoms. The molecule has 0 radical (unpaired) electrons. The fourth-order valence-corrected chi connectivity index (χ4v) is 2.19. The summed E-state index contributed by atoms with van der Waals surface area (Å²) < 4.78 is 6.14. The van der Waals surface area contributed by atoms with E-state index in [1.807, 2.05) is 25.1 Å². The largest absolute Gasteiger partial charge is 0.496 e. The smallest absolute Gasteiger partial charge is 0.133 e. The van der Waals surface area contributed by atoms with Crippen molar-refractivity contribution in [2.75, 3.05) is 7.11 Å².